The number of hydrogen-bond donors (Lipinski definition) is 3. The number of carbonyl (C=O) groups is 2. The van der Waals surface area contributed by atoms with Gasteiger partial charge in [-0.2, -0.15) is 5.10 Å². The molecule has 3 unspecified atom stereocenters. The summed E-state index contributed by atoms with van der Waals surface area (Å²) in [4.78, 5) is 23.2. The van der Waals surface area contributed by atoms with Gasteiger partial charge in [0.15, 0.2) is 0 Å². The van der Waals surface area contributed by atoms with E-state index in [0.29, 0.717) is 18.9 Å². The Morgan fingerprint density at radius 3 is 2.89 bits per heavy atom. The van der Waals surface area contributed by atoms with Crippen molar-refractivity contribution in [2.24, 2.45) is 11.8 Å². The van der Waals surface area contributed by atoms with Crippen molar-refractivity contribution < 1.29 is 9.59 Å². The van der Waals surface area contributed by atoms with E-state index in [1.807, 2.05) is 6.92 Å². The third-order valence-electron chi connectivity index (χ3n) is 3.49. The molecule has 3 atom stereocenters. The molecule has 0 radical (unpaired) electrons. The molecule has 1 aromatic rings. The predicted molar refractivity (Wildman–Crippen MR) is 70.0 cm³/mol. The average molecular weight is 264 g/mol. The summed E-state index contributed by atoms with van der Waals surface area (Å²) in [5.41, 5.74) is 0.934. The van der Waals surface area contributed by atoms with E-state index < -0.39 is 0 Å². The van der Waals surface area contributed by atoms with Gasteiger partial charge >= 0.3 is 0 Å². The number of hydrogen-bond acceptors (Lipinski definition) is 3. The molecule has 6 heteroatoms. The quantitative estimate of drug-likeness (QED) is 0.708. The lowest BCUT2D eigenvalue weighted by Crippen LogP contribution is -2.32. The van der Waals surface area contributed by atoms with Crippen molar-refractivity contribution in [2.75, 3.05) is 6.54 Å². The minimum absolute atomic E-state index is 0.0714. The fourth-order valence-electron chi connectivity index (χ4n) is 2.01. The molecule has 19 heavy (non-hydrogen) atoms. The Bertz CT molecular complexity index is 444. The van der Waals surface area contributed by atoms with Gasteiger partial charge in [0, 0.05) is 30.6 Å². The van der Waals surface area contributed by atoms with Crippen molar-refractivity contribution in [3.05, 3.63) is 18.0 Å². The van der Waals surface area contributed by atoms with Crippen LogP contribution in [0.3, 0.4) is 0 Å². The maximum absolute atomic E-state index is 11.7. The van der Waals surface area contributed by atoms with E-state index in [1.165, 1.54) is 0 Å². The standard InChI is InChI=1S/C13H20N4O2/c1-8-5-11(8)13(19)14-4-3-12(18)17-9(2)10-6-15-16-7-10/h6-9,11H,3-5H2,1-2H3,(H,14,19)(H,15,16)(H,17,18). The maximum Gasteiger partial charge on any atom is 0.223 e. The topological polar surface area (TPSA) is 86.9 Å². The summed E-state index contributed by atoms with van der Waals surface area (Å²) in [5.74, 6) is 0.656. The average Bonchev–Trinajstić information content (AvgIpc) is 2.89. The molecule has 2 rings (SSSR count). The highest BCUT2D eigenvalue weighted by atomic mass is 16.2. The number of nitrogens with zero attached hydrogens (tertiary/aromatic N) is 1. The molecule has 0 aromatic carbocycles. The van der Waals surface area contributed by atoms with Crippen LogP contribution in [0.1, 0.15) is 38.3 Å². The number of aromatic nitrogens is 2. The molecule has 1 aliphatic carbocycles. The molecule has 6 nitrogen and oxygen atoms in total. The van der Waals surface area contributed by atoms with Crippen LogP contribution in [0, 0.1) is 11.8 Å². The lowest BCUT2D eigenvalue weighted by atomic mass is 10.2. The molecule has 3 N–H and O–H groups in total. The molecule has 1 saturated carbocycles. The zero-order chi connectivity index (χ0) is 13.8. The molecule has 0 bridgehead atoms. The molecule has 2 amide bonds. The zero-order valence-corrected chi connectivity index (χ0v) is 11.3. The van der Waals surface area contributed by atoms with Crippen molar-refractivity contribution in [1.29, 1.82) is 0 Å². The Hall–Kier alpha value is -1.85. The highest BCUT2D eigenvalue weighted by Gasteiger charge is 2.38. The van der Waals surface area contributed by atoms with Crippen molar-refractivity contribution >= 4 is 11.8 Å². The Balaban J connectivity index is 1.63. The normalized spacial score (nSPS) is 22.6. The van der Waals surface area contributed by atoms with Crippen molar-refractivity contribution in [1.82, 2.24) is 20.8 Å². The Kier molecular flexibility index (Phi) is 4.19. The minimum atomic E-state index is -0.0783. The van der Waals surface area contributed by atoms with Crippen LogP contribution in [0.5, 0.6) is 0 Å². The van der Waals surface area contributed by atoms with E-state index in [2.05, 4.69) is 27.8 Å². The minimum Gasteiger partial charge on any atom is -0.355 e. The fourth-order valence-corrected chi connectivity index (χ4v) is 2.01. The van der Waals surface area contributed by atoms with Crippen LogP contribution in [-0.4, -0.2) is 28.6 Å². The van der Waals surface area contributed by atoms with E-state index in [4.69, 9.17) is 0 Å². The van der Waals surface area contributed by atoms with Crippen molar-refractivity contribution in [3.63, 3.8) is 0 Å². The van der Waals surface area contributed by atoms with Gasteiger partial charge in [0.25, 0.3) is 0 Å². The van der Waals surface area contributed by atoms with Gasteiger partial charge in [-0.25, -0.2) is 0 Å². The first-order valence-corrected chi connectivity index (χ1v) is 6.63. The molecule has 0 saturated heterocycles. The molecule has 1 fully saturated rings. The third kappa shape index (κ3) is 3.81. The van der Waals surface area contributed by atoms with Gasteiger partial charge in [-0.3, -0.25) is 14.7 Å². The van der Waals surface area contributed by atoms with Crippen LogP contribution in [0.25, 0.3) is 0 Å². The van der Waals surface area contributed by atoms with Gasteiger partial charge in [0.2, 0.25) is 11.8 Å². The monoisotopic (exact) mass is 264 g/mol. The van der Waals surface area contributed by atoms with Gasteiger partial charge in [-0.1, -0.05) is 6.92 Å². The summed E-state index contributed by atoms with van der Waals surface area (Å²) in [7, 11) is 0. The molecule has 104 valence electrons. The molecule has 1 heterocycles. The van der Waals surface area contributed by atoms with Gasteiger partial charge in [-0.15, -0.1) is 0 Å². The Morgan fingerprint density at radius 1 is 1.58 bits per heavy atom. The number of carbonyl (C=O) groups excluding carboxylic acids is 2. The van der Waals surface area contributed by atoms with E-state index in [1.54, 1.807) is 12.4 Å². The highest BCUT2D eigenvalue weighted by Crippen LogP contribution is 2.37. The van der Waals surface area contributed by atoms with Crippen molar-refractivity contribution in [3.8, 4) is 0 Å². The number of amides is 2. The lowest BCUT2D eigenvalue weighted by molar-refractivity contribution is -0.123. The Morgan fingerprint density at radius 2 is 2.32 bits per heavy atom. The SMILES string of the molecule is CC(NC(=O)CCNC(=O)C1CC1C)c1cn[nH]c1. The number of rotatable bonds is 6. The lowest BCUT2D eigenvalue weighted by Gasteiger charge is -2.12. The van der Waals surface area contributed by atoms with E-state index in [0.717, 1.165) is 12.0 Å². The molecular weight excluding hydrogens is 244 g/mol. The van der Waals surface area contributed by atoms with Crippen LogP contribution in [0.15, 0.2) is 12.4 Å². The maximum atomic E-state index is 11.7. The molecule has 0 aliphatic heterocycles. The number of nitrogens with one attached hydrogen (secondary N) is 3. The van der Waals surface area contributed by atoms with Crippen LogP contribution in [0.2, 0.25) is 0 Å². The van der Waals surface area contributed by atoms with Gasteiger partial charge in [-0.05, 0) is 19.3 Å². The van der Waals surface area contributed by atoms with E-state index in [9.17, 15) is 9.59 Å². The van der Waals surface area contributed by atoms with Crippen LogP contribution >= 0.6 is 0 Å². The molecular formula is C13H20N4O2. The first kappa shape index (κ1) is 13.6. The summed E-state index contributed by atoms with van der Waals surface area (Å²) >= 11 is 0. The van der Waals surface area contributed by atoms with Gasteiger partial charge in [0.1, 0.15) is 0 Å². The van der Waals surface area contributed by atoms with Crippen LogP contribution in [0.4, 0.5) is 0 Å². The fraction of sp³-hybridized carbons (Fsp3) is 0.615. The first-order valence-electron chi connectivity index (χ1n) is 6.63. The van der Waals surface area contributed by atoms with Gasteiger partial charge in [0.05, 0.1) is 12.2 Å². The zero-order valence-electron chi connectivity index (χ0n) is 11.3. The van der Waals surface area contributed by atoms with Crippen LogP contribution in [-0.2, 0) is 9.59 Å². The summed E-state index contributed by atoms with van der Waals surface area (Å²) < 4.78 is 0. The third-order valence-corrected chi connectivity index (χ3v) is 3.49. The predicted octanol–water partition coefficient (Wildman–Crippen LogP) is 0.749. The number of H-pyrrole nitrogens is 1. The van der Waals surface area contributed by atoms with E-state index in [-0.39, 0.29) is 23.8 Å². The molecule has 1 aliphatic rings. The smallest absolute Gasteiger partial charge is 0.223 e. The summed E-state index contributed by atoms with van der Waals surface area (Å²) in [6, 6.07) is -0.0783. The highest BCUT2D eigenvalue weighted by molar-refractivity contribution is 5.82. The Labute approximate surface area is 112 Å². The van der Waals surface area contributed by atoms with Gasteiger partial charge < -0.3 is 10.6 Å². The van der Waals surface area contributed by atoms with Crippen molar-refractivity contribution in [2.45, 2.75) is 32.7 Å². The molecule has 0 spiro atoms. The number of aromatic amines is 1. The first-order chi connectivity index (χ1) is 9.08. The molecule has 1 aromatic heterocycles. The second kappa shape index (κ2) is 5.86. The van der Waals surface area contributed by atoms with Crippen LogP contribution < -0.4 is 10.6 Å². The largest absolute Gasteiger partial charge is 0.355 e. The summed E-state index contributed by atoms with van der Waals surface area (Å²) in [6.45, 7) is 4.35. The summed E-state index contributed by atoms with van der Waals surface area (Å²) in [6.07, 6.45) is 4.70. The van der Waals surface area contributed by atoms with E-state index >= 15 is 0 Å². The summed E-state index contributed by atoms with van der Waals surface area (Å²) in [5, 5.41) is 12.2. The second-order valence-corrected chi connectivity index (χ2v) is 5.18. The second-order valence-electron chi connectivity index (χ2n) is 5.18.